The maximum absolute atomic E-state index is 1.74. The molecule has 0 nitrogen and oxygen atoms in total. The summed E-state index contributed by atoms with van der Waals surface area (Å²) < 4.78 is 0. The van der Waals surface area contributed by atoms with Gasteiger partial charge in [-0.25, -0.2) is 0 Å². The summed E-state index contributed by atoms with van der Waals surface area (Å²) in [5.74, 6) is 0. The van der Waals surface area contributed by atoms with Crippen LogP contribution in [0.5, 0.6) is 0 Å². The molecule has 0 spiro atoms. The molecular formula is C12H24Se2+2. The molecule has 2 heteroatoms. The molecule has 0 aromatic rings. The molecule has 0 atom stereocenters. The van der Waals surface area contributed by atoms with E-state index in [1.807, 2.05) is 0 Å². The van der Waals surface area contributed by atoms with Crippen molar-refractivity contribution in [2.75, 3.05) is 0 Å². The Morgan fingerprint density at radius 3 is 1.21 bits per heavy atom. The molecule has 0 aromatic carbocycles. The Labute approximate surface area is 98.0 Å². The van der Waals surface area contributed by atoms with Crippen LogP contribution in [0.15, 0.2) is 0 Å². The van der Waals surface area contributed by atoms with Crippen molar-refractivity contribution in [1.82, 2.24) is 0 Å². The van der Waals surface area contributed by atoms with Crippen molar-refractivity contribution in [3.63, 3.8) is 0 Å². The van der Waals surface area contributed by atoms with E-state index < -0.39 is 0 Å². The first-order chi connectivity index (χ1) is 6.95. The molecule has 2 fully saturated rings. The number of hydrogen-bond acceptors (Lipinski definition) is 0. The minimum absolute atomic E-state index is 0.0345. The van der Waals surface area contributed by atoms with Gasteiger partial charge in [-0.15, -0.1) is 0 Å². The van der Waals surface area contributed by atoms with Crippen LogP contribution in [0, 0.1) is 0 Å². The van der Waals surface area contributed by atoms with Gasteiger partial charge >= 0.3 is 98.2 Å². The molecule has 2 heterocycles. The molecule has 2 rings (SSSR count). The Morgan fingerprint density at radius 1 is 0.500 bits per heavy atom. The molecule has 0 radical (unpaired) electrons. The quantitative estimate of drug-likeness (QED) is 0.677. The van der Waals surface area contributed by atoms with Crippen molar-refractivity contribution in [1.29, 1.82) is 0 Å². The van der Waals surface area contributed by atoms with Crippen molar-refractivity contribution >= 4 is 27.8 Å². The Morgan fingerprint density at radius 2 is 0.857 bits per heavy atom. The second-order valence-electron chi connectivity index (χ2n) is 4.57. The second kappa shape index (κ2) is 6.58. The second-order valence-corrected chi connectivity index (χ2v) is 14.8. The van der Waals surface area contributed by atoms with Gasteiger partial charge in [-0.2, -0.15) is 0 Å². The predicted molar refractivity (Wildman–Crippen MR) is 68.1 cm³/mol. The third-order valence-electron chi connectivity index (χ3n) is 3.39. The van der Waals surface area contributed by atoms with Gasteiger partial charge in [0.05, 0.1) is 0 Å². The minimum atomic E-state index is -0.0345. The topological polar surface area (TPSA) is 0 Å². The van der Waals surface area contributed by atoms with Crippen LogP contribution in [0.2, 0.25) is 31.9 Å². The number of rotatable bonds is 3. The molecule has 14 heavy (non-hydrogen) atoms. The Balaban J connectivity index is 1.60. The summed E-state index contributed by atoms with van der Waals surface area (Å²) in [6.07, 6.45) is 9.48. The fraction of sp³-hybridized carbons (Fsp3) is 1.00. The fourth-order valence-corrected chi connectivity index (χ4v) is 16.3. The zero-order valence-corrected chi connectivity index (χ0v) is 12.7. The van der Waals surface area contributed by atoms with E-state index in [-0.39, 0.29) is 27.8 Å². The van der Waals surface area contributed by atoms with Crippen molar-refractivity contribution < 1.29 is 0 Å². The van der Waals surface area contributed by atoms with Crippen LogP contribution in [0.25, 0.3) is 0 Å². The van der Waals surface area contributed by atoms with Crippen LogP contribution in [-0.2, 0) is 0 Å². The monoisotopic (exact) mass is 328 g/mol. The van der Waals surface area contributed by atoms with Gasteiger partial charge < -0.3 is 0 Å². The zero-order chi connectivity index (χ0) is 9.64. The molecule has 0 N–H and O–H groups in total. The zero-order valence-electron chi connectivity index (χ0n) is 9.30. The van der Waals surface area contributed by atoms with Gasteiger partial charge in [0.2, 0.25) is 0 Å². The summed E-state index contributed by atoms with van der Waals surface area (Å²) in [7, 11) is 0. The van der Waals surface area contributed by atoms with Crippen LogP contribution >= 0.6 is 0 Å². The van der Waals surface area contributed by atoms with Crippen LogP contribution in [0.4, 0.5) is 0 Å². The summed E-state index contributed by atoms with van der Waals surface area (Å²) in [6, 6.07) is 0. The van der Waals surface area contributed by atoms with Gasteiger partial charge in [-0.3, -0.25) is 0 Å². The van der Waals surface area contributed by atoms with Crippen molar-refractivity contribution in [3.8, 4) is 0 Å². The van der Waals surface area contributed by atoms with Gasteiger partial charge in [0.25, 0.3) is 0 Å². The van der Waals surface area contributed by atoms with Crippen molar-refractivity contribution in [3.05, 3.63) is 0 Å². The summed E-state index contributed by atoms with van der Waals surface area (Å²) in [6.45, 7) is 0. The van der Waals surface area contributed by atoms with Crippen LogP contribution in [-0.4, -0.2) is 27.8 Å². The summed E-state index contributed by atoms with van der Waals surface area (Å²) >= 11 is -0.0691. The van der Waals surface area contributed by atoms with E-state index in [2.05, 4.69) is 0 Å². The molecule has 0 bridgehead atoms. The van der Waals surface area contributed by atoms with Crippen molar-refractivity contribution in [2.24, 2.45) is 0 Å². The van der Waals surface area contributed by atoms with Gasteiger partial charge in [-0.1, -0.05) is 0 Å². The van der Waals surface area contributed by atoms with E-state index in [4.69, 9.17) is 0 Å². The average Bonchev–Trinajstić information content (AvgIpc) is 2.29. The Bertz CT molecular complexity index is 128. The number of hydrogen-bond donors (Lipinski definition) is 0. The van der Waals surface area contributed by atoms with Gasteiger partial charge in [0, 0.05) is 0 Å². The van der Waals surface area contributed by atoms with Crippen molar-refractivity contribution in [2.45, 2.75) is 70.4 Å². The summed E-state index contributed by atoms with van der Waals surface area (Å²) in [5, 5.41) is 10.3. The predicted octanol–water partition coefficient (Wildman–Crippen LogP) is 4.34. The molecule has 0 aromatic heterocycles. The molecule has 2 saturated heterocycles. The first kappa shape index (κ1) is 11.5. The van der Waals surface area contributed by atoms with Gasteiger partial charge in [0.15, 0.2) is 0 Å². The van der Waals surface area contributed by atoms with E-state index in [0.29, 0.717) is 0 Å². The molecule has 82 valence electrons. The molecule has 0 amide bonds. The fourth-order valence-electron chi connectivity index (χ4n) is 2.43. The average molecular weight is 326 g/mol. The third-order valence-corrected chi connectivity index (χ3v) is 15.2. The van der Waals surface area contributed by atoms with E-state index in [9.17, 15) is 0 Å². The summed E-state index contributed by atoms with van der Waals surface area (Å²) in [4.78, 5) is 0. The van der Waals surface area contributed by atoms with E-state index >= 15 is 0 Å². The van der Waals surface area contributed by atoms with Gasteiger partial charge in [0.1, 0.15) is 0 Å². The normalized spacial score (nSPS) is 26.6. The van der Waals surface area contributed by atoms with Crippen LogP contribution in [0.3, 0.4) is 0 Å². The van der Waals surface area contributed by atoms with Crippen LogP contribution in [0.1, 0.15) is 38.5 Å². The molecular weight excluding hydrogens is 302 g/mol. The van der Waals surface area contributed by atoms with E-state index in [0.717, 1.165) is 0 Å². The van der Waals surface area contributed by atoms with Crippen LogP contribution < -0.4 is 0 Å². The Hall–Kier alpha value is 1.04. The maximum atomic E-state index is 1.74. The van der Waals surface area contributed by atoms with E-state index in [1.54, 1.807) is 70.4 Å². The SMILES string of the molecule is C1CC[Se+](CC[Se+]2CCCCC2)CC1. The first-order valence-corrected chi connectivity index (χ1v) is 13.5. The third kappa shape index (κ3) is 3.89. The molecule has 2 aliphatic rings. The standard InChI is InChI=1S/C12H24Se2/c1-3-7-13(8-4-1)11-12-14-9-5-2-6-10-14/h1-12H2/q+2. The van der Waals surface area contributed by atoms with E-state index in [1.165, 1.54) is 0 Å². The Kier molecular flexibility index (Phi) is 5.42. The first-order valence-electron chi connectivity index (χ1n) is 6.23. The molecule has 0 unspecified atom stereocenters. The molecule has 2 aliphatic heterocycles. The van der Waals surface area contributed by atoms with Gasteiger partial charge in [-0.05, 0) is 0 Å². The molecule has 0 saturated carbocycles. The summed E-state index contributed by atoms with van der Waals surface area (Å²) in [5.41, 5.74) is 0. The molecule has 0 aliphatic carbocycles.